The minimum Gasteiger partial charge on any atom is -0.497 e. The van der Waals surface area contributed by atoms with E-state index in [1.54, 1.807) is 7.11 Å². The predicted octanol–water partition coefficient (Wildman–Crippen LogP) is 2.60. The van der Waals surface area contributed by atoms with Gasteiger partial charge in [-0.2, -0.15) is 10.1 Å². The smallest absolute Gasteiger partial charge is 0.260 e. The van der Waals surface area contributed by atoms with Crippen LogP contribution in [0.15, 0.2) is 30.7 Å². The summed E-state index contributed by atoms with van der Waals surface area (Å²) in [6, 6.07) is 5.95. The van der Waals surface area contributed by atoms with E-state index in [0.29, 0.717) is 17.3 Å². The topological polar surface area (TPSA) is 84.8 Å². The summed E-state index contributed by atoms with van der Waals surface area (Å²) in [5, 5.41) is 9.87. The van der Waals surface area contributed by atoms with Crippen molar-refractivity contribution in [1.29, 1.82) is 0 Å². The van der Waals surface area contributed by atoms with Crippen LogP contribution in [0, 0.1) is 0 Å². The Morgan fingerprint density at radius 1 is 1.41 bits per heavy atom. The number of aromatic nitrogens is 4. The molecule has 0 radical (unpaired) electrons. The lowest BCUT2D eigenvalue weighted by atomic mass is 10.1. The van der Waals surface area contributed by atoms with Crippen LogP contribution in [-0.4, -0.2) is 32.8 Å². The summed E-state index contributed by atoms with van der Waals surface area (Å²) in [4.78, 5) is 16.4. The summed E-state index contributed by atoms with van der Waals surface area (Å²) in [5.74, 6) is 0.787. The molecule has 0 fully saturated rings. The third-order valence-corrected chi connectivity index (χ3v) is 3.49. The molecule has 1 amide bonds. The predicted molar refractivity (Wildman–Crippen MR) is 83.2 cm³/mol. The third-order valence-electron chi connectivity index (χ3n) is 3.49. The number of carbonyl (C=O) groups excluding carboxylic acids is 1. The van der Waals surface area contributed by atoms with Crippen LogP contribution >= 0.6 is 0 Å². The van der Waals surface area contributed by atoms with Gasteiger partial charge in [0.1, 0.15) is 12.1 Å². The van der Waals surface area contributed by atoms with Gasteiger partial charge < -0.3 is 9.30 Å². The highest BCUT2D eigenvalue weighted by Crippen LogP contribution is 2.28. The van der Waals surface area contributed by atoms with Crippen molar-refractivity contribution >= 4 is 22.8 Å². The second-order valence-corrected chi connectivity index (χ2v) is 5.22. The van der Waals surface area contributed by atoms with Crippen LogP contribution in [0.3, 0.4) is 0 Å². The van der Waals surface area contributed by atoms with Crippen molar-refractivity contribution in [1.82, 2.24) is 19.7 Å². The molecule has 7 nitrogen and oxygen atoms in total. The lowest BCUT2D eigenvalue weighted by molar-refractivity contribution is 0.102. The first kappa shape index (κ1) is 14.1. The molecule has 3 aromatic rings. The van der Waals surface area contributed by atoms with Crippen LogP contribution in [-0.2, 0) is 0 Å². The number of hydrogen-bond acceptors (Lipinski definition) is 4. The second kappa shape index (κ2) is 5.51. The first-order valence-corrected chi connectivity index (χ1v) is 6.95. The molecule has 3 rings (SSSR count). The largest absolute Gasteiger partial charge is 0.497 e. The molecule has 0 unspecified atom stereocenters. The molecule has 0 aliphatic carbocycles. The van der Waals surface area contributed by atoms with Gasteiger partial charge in [-0.05, 0) is 32.0 Å². The van der Waals surface area contributed by atoms with Crippen LogP contribution in [0.2, 0.25) is 0 Å². The summed E-state index contributed by atoms with van der Waals surface area (Å²) >= 11 is 0. The molecule has 114 valence electrons. The number of anilines is 1. The Labute approximate surface area is 127 Å². The van der Waals surface area contributed by atoms with Crippen molar-refractivity contribution in [2.24, 2.45) is 0 Å². The van der Waals surface area contributed by atoms with Crippen molar-refractivity contribution < 1.29 is 9.53 Å². The average molecular weight is 299 g/mol. The zero-order valence-corrected chi connectivity index (χ0v) is 12.6. The van der Waals surface area contributed by atoms with Crippen LogP contribution in [0.1, 0.15) is 30.2 Å². The highest BCUT2D eigenvalue weighted by molar-refractivity contribution is 6.12. The Morgan fingerprint density at radius 3 is 2.86 bits per heavy atom. The minimum absolute atomic E-state index is 0.239. The van der Waals surface area contributed by atoms with Gasteiger partial charge in [0.05, 0.1) is 12.7 Å². The van der Waals surface area contributed by atoms with Gasteiger partial charge in [-0.3, -0.25) is 10.1 Å². The number of carbonyl (C=O) groups is 1. The Hall–Kier alpha value is -2.83. The van der Waals surface area contributed by atoms with Crippen LogP contribution < -0.4 is 10.1 Å². The van der Waals surface area contributed by atoms with Crippen LogP contribution in [0.5, 0.6) is 5.75 Å². The van der Waals surface area contributed by atoms with E-state index in [4.69, 9.17) is 4.74 Å². The fourth-order valence-electron chi connectivity index (χ4n) is 2.41. The maximum absolute atomic E-state index is 12.5. The molecule has 22 heavy (non-hydrogen) atoms. The number of fused-ring (bicyclic) bond motifs is 1. The minimum atomic E-state index is -0.241. The summed E-state index contributed by atoms with van der Waals surface area (Å²) in [7, 11) is 1.61. The van der Waals surface area contributed by atoms with Gasteiger partial charge in [0.2, 0.25) is 5.95 Å². The Kier molecular flexibility index (Phi) is 3.54. The Morgan fingerprint density at radius 2 is 2.23 bits per heavy atom. The van der Waals surface area contributed by atoms with E-state index in [0.717, 1.165) is 10.9 Å². The number of benzene rings is 1. The molecule has 0 saturated carbocycles. The molecule has 2 heterocycles. The fourth-order valence-corrected chi connectivity index (χ4v) is 2.41. The molecular formula is C15H17N5O2. The highest BCUT2D eigenvalue weighted by atomic mass is 16.5. The number of H-pyrrole nitrogens is 1. The molecule has 0 saturated heterocycles. The molecule has 0 aliphatic rings. The quantitative estimate of drug-likeness (QED) is 0.775. The van der Waals surface area contributed by atoms with Gasteiger partial charge in [0.25, 0.3) is 5.91 Å². The molecule has 0 atom stereocenters. The van der Waals surface area contributed by atoms with Gasteiger partial charge in [-0.25, -0.2) is 5.10 Å². The number of aromatic amines is 1. The Balaban J connectivity index is 2.09. The van der Waals surface area contributed by atoms with E-state index in [-0.39, 0.29) is 11.9 Å². The van der Waals surface area contributed by atoms with Gasteiger partial charge in [0, 0.05) is 23.1 Å². The van der Waals surface area contributed by atoms with Crippen LogP contribution in [0.4, 0.5) is 5.95 Å². The maximum atomic E-state index is 12.5. The molecule has 0 spiro atoms. The average Bonchev–Trinajstić information content (AvgIpc) is 3.13. The van der Waals surface area contributed by atoms with Crippen molar-refractivity contribution in [3.05, 3.63) is 36.3 Å². The van der Waals surface area contributed by atoms with Gasteiger partial charge in [-0.1, -0.05) is 0 Å². The normalized spacial score (nSPS) is 11.1. The van der Waals surface area contributed by atoms with E-state index in [1.807, 2.05) is 24.4 Å². The number of ether oxygens (including phenoxy) is 1. The molecule has 2 N–H and O–H groups in total. The SMILES string of the molecule is COc1ccc2c(c1)c(C(=O)Nc1ncn[nH]1)cn2C(C)C. The number of nitrogens with zero attached hydrogens (tertiary/aromatic N) is 3. The number of methoxy groups -OCH3 is 1. The van der Waals surface area contributed by atoms with Crippen molar-refractivity contribution in [3.8, 4) is 5.75 Å². The lowest BCUT2D eigenvalue weighted by Gasteiger charge is -2.09. The van der Waals surface area contributed by atoms with Gasteiger partial charge in [-0.15, -0.1) is 0 Å². The standard InChI is InChI=1S/C15H17N5O2/c1-9(2)20-7-12(14(21)18-15-16-8-17-19-15)11-6-10(22-3)4-5-13(11)20/h4-9H,1-3H3,(H2,16,17,18,19,21). The zero-order valence-electron chi connectivity index (χ0n) is 12.6. The van der Waals surface area contributed by atoms with Crippen molar-refractivity contribution in [2.75, 3.05) is 12.4 Å². The fraction of sp³-hybridized carbons (Fsp3) is 0.267. The third kappa shape index (κ3) is 2.41. The number of nitrogens with one attached hydrogen (secondary N) is 2. The zero-order chi connectivity index (χ0) is 15.7. The summed E-state index contributed by atoms with van der Waals surface area (Å²) in [5.41, 5.74) is 1.55. The molecule has 1 aromatic carbocycles. The van der Waals surface area contributed by atoms with E-state index in [9.17, 15) is 4.79 Å². The second-order valence-electron chi connectivity index (χ2n) is 5.22. The molecular weight excluding hydrogens is 282 g/mol. The molecule has 0 bridgehead atoms. The number of hydrogen-bond donors (Lipinski definition) is 2. The first-order chi connectivity index (χ1) is 10.6. The van der Waals surface area contributed by atoms with Gasteiger partial charge >= 0.3 is 0 Å². The van der Waals surface area contributed by atoms with Gasteiger partial charge in [0.15, 0.2) is 0 Å². The summed E-state index contributed by atoms with van der Waals surface area (Å²) in [6.07, 6.45) is 3.19. The molecule has 7 heteroatoms. The number of amides is 1. The lowest BCUT2D eigenvalue weighted by Crippen LogP contribution is -2.12. The van der Waals surface area contributed by atoms with Crippen molar-refractivity contribution in [3.63, 3.8) is 0 Å². The Bertz CT molecular complexity index is 805. The molecule has 2 aromatic heterocycles. The monoisotopic (exact) mass is 299 g/mol. The van der Waals surface area contributed by atoms with E-state index >= 15 is 0 Å². The van der Waals surface area contributed by atoms with Crippen molar-refractivity contribution in [2.45, 2.75) is 19.9 Å². The maximum Gasteiger partial charge on any atom is 0.260 e. The number of rotatable bonds is 4. The highest BCUT2D eigenvalue weighted by Gasteiger charge is 2.18. The van der Waals surface area contributed by atoms with Crippen LogP contribution in [0.25, 0.3) is 10.9 Å². The van der Waals surface area contributed by atoms with E-state index in [2.05, 4.69) is 38.9 Å². The first-order valence-electron chi connectivity index (χ1n) is 6.95. The molecule has 0 aliphatic heterocycles. The van der Waals surface area contributed by atoms with E-state index < -0.39 is 0 Å². The summed E-state index contributed by atoms with van der Waals surface area (Å²) in [6.45, 7) is 4.14. The van der Waals surface area contributed by atoms with E-state index in [1.165, 1.54) is 6.33 Å². The summed E-state index contributed by atoms with van der Waals surface area (Å²) < 4.78 is 7.32.